The number of carbonyl (C=O) groups excluding carboxylic acids is 3. The second-order valence-electron chi connectivity index (χ2n) is 21.2. The van der Waals surface area contributed by atoms with E-state index < -0.39 is 34.9 Å². The summed E-state index contributed by atoms with van der Waals surface area (Å²) in [6, 6.07) is 3.17. The fourth-order valence-corrected chi connectivity index (χ4v) is 13.9. The first kappa shape index (κ1) is 44.7. The van der Waals surface area contributed by atoms with Gasteiger partial charge in [-0.05, 0) is 137 Å². The zero-order valence-electron chi connectivity index (χ0n) is 37.0. The number of aromatic nitrogens is 1. The minimum atomic E-state index is -1.19. The molecule has 1 aromatic heterocycles. The first-order valence-electron chi connectivity index (χ1n) is 21.9. The first-order chi connectivity index (χ1) is 26.9. The van der Waals surface area contributed by atoms with E-state index in [4.69, 9.17) is 16.3 Å². The van der Waals surface area contributed by atoms with Gasteiger partial charge in [-0.2, -0.15) is 0 Å². The van der Waals surface area contributed by atoms with Crippen LogP contribution in [0.5, 0.6) is 0 Å². The van der Waals surface area contributed by atoms with Gasteiger partial charge in [0.1, 0.15) is 6.10 Å². The summed E-state index contributed by atoms with van der Waals surface area (Å²) in [5.41, 5.74) is 0.359. The summed E-state index contributed by atoms with van der Waals surface area (Å²) in [6.07, 6.45) is 7.66. The zero-order valence-corrected chi connectivity index (χ0v) is 37.7. The smallest absolute Gasteiger partial charge is 0.309 e. The molecule has 0 spiro atoms. The summed E-state index contributed by atoms with van der Waals surface area (Å²) in [5.74, 6) is -0.583. The average molecular weight is 825 g/mol. The molecule has 0 aromatic carbocycles. The van der Waals surface area contributed by atoms with Crippen LogP contribution in [0, 0.1) is 56.2 Å². The number of amides is 1. The highest BCUT2D eigenvalue weighted by Gasteiger charge is 2.71. The number of hydrogen-bond acceptors (Lipinski definition) is 8. The molecular formula is C47H70ClN3O7. The number of ketones is 1. The fraction of sp³-hybridized carbons (Fsp3) is 0.766. The highest BCUT2D eigenvalue weighted by molar-refractivity contribution is 6.30. The Kier molecular flexibility index (Phi) is 12.0. The molecule has 58 heavy (non-hydrogen) atoms. The van der Waals surface area contributed by atoms with Crippen LogP contribution in [-0.2, 0) is 23.9 Å². The SMILES string of the molecule is CNCC(=O)N(CC(O)C12CC[C@]3(C)[C@H](CC[C@@H]4[C@@]5(C)CC[C@H](OC(=O)CC(C)(C)C(=O)O)C(C)(C)[C@@H]5CC[C@]43C)C1=C(C(C)C)C(=O)C2)[C@@H](C)c1ccc(Cl)cn1. The van der Waals surface area contributed by atoms with Gasteiger partial charge in [0, 0.05) is 30.0 Å². The second kappa shape index (κ2) is 15.6. The van der Waals surface area contributed by atoms with Crippen molar-refractivity contribution in [2.75, 3.05) is 20.1 Å². The van der Waals surface area contributed by atoms with Gasteiger partial charge < -0.3 is 25.2 Å². The quantitative estimate of drug-likeness (QED) is 0.177. The lowest BCUT2D eigenvalue weighted by molar-refractivity contribution is -0.235. The number of aliphatic hydroxyl groups is 1. The molecule has 4 saturated carbocycles. The van der Waals surface area contributed by atoms with Gasteiger partial charge in [0.15, 0.2) is 5.78 Å². The van der Waals surface area contributed by atoms with E-state index in [1.807, 2.05) is 13.0 Å². The molecule has 10 atom stereocenters. The fourth-order valence-electron chi connectivity index (χ4n) is 13.8. The molecule has 0 aliphatic heterocycles. The predicted molar refractivity (Wildman–Crippen MR) is 225 cm³/mol. The summed E-state index contributed by atoms with van der Waals surface area (Å²) in [6.45, 7) is 21.5. The molecule has 10 nitrogen and oxygen atoms in total. The van der Waals surface area contributed by atoms with Gasteiger partial charge >= 0.3 is 11.9 Å². The van der Waals surface area contributed by atoms with Gasteiger partial charge in [0.25, 0.3) is 0 Å². The molecular weight excluding hydrogens is 754 g/mol. The molecule has 5 aliphatic rings. The number of esters is 1. The van der Waals surface area contributed by atoms with Gasteiger partial charge in [-0.25, -0.2) is 0 Å². The number of aliphatic hydroxyl groups excluding tert-OH is 1. The molecule has 6 rings (SSSR count). The number of fused-ring (bicyclic) bond motifs is 7. The third-order valence-electron chi connectivity index (χ3n) is 17.2. The Morgan fingerprint density at radius 1 is 0.983 bits per heavy atom. The monoisotopic (exact) mass is 823 g/mol. The lowest BCUT2D eigenvalue weighted by Crippen LogP contribution is -2.66. The van der Waals surface area contributed by atoms with Crippen LogP contribution >= 0.6 is 11.6 Å². The molecule has 4 fully saturated rings. The molecule has 1 amide bonds. The van der Waals surface area contributed by atoms with Gasteiger partial charge in [0.05, 0.1) is 41.2 Å². The molecule has 0 saturated heterocycles. The van der Waals surface area contributed by atoms with Crippen molar-refractivity contribution in [2.24, 2.45) is 56.2 Å². The second-order valence-corrected chi connectivity index (χ2v) is 21.7. The Hall–Kier alpha value is -2.82. The van der Waals surface area contributed by atoms with Crippen molar-refractivity contribution in [1.29, 1.82) is 0 Å². The Bertz CT molecular complexity index is 1830. The van der Waals surface area contributed by atoms with Gasteiger partial charge in [0.2, 0.25) is 5.91 Å². The van der Waals surface area contributed by atoms with E-state index in [0.717, 1.165) is 50.5 Å². The van der Waals surface area contributed by atoms with Crippen LogP contribution in [0.3, 0.4) is 0 Å². The van der Waals surface area contributed by atoms with Crippen molar-refractivity contribution < 1.29 is 34.1 Å². The molecule has 322 valence electrons. The number of allylic oxidation sites excluding steroid dienone is 1. The number of aliphatic carboxylic acids is 1. The zero-order chi connectivity index (χ0) is 43.0. The molecule has 0 radical (unpaired) electrons. The van der Waals surface area contributed by atoms with E-state index in [0.29, 0.717) is 29.0 Å². The number of carboxylic acid groups (broad SMARTS) is 1. The van der Waals surface area contributed by atoms with Crippen molar-refractivity contribution in [2.45, 2.75) is 152 Å². The Labute approximate surface area is 351 Å². The normalized spacial score (nSPS) is 35.3. The van der Waals surface area contributed by atoms with Crippen LogP contribution in [-0.4, -0.2) is 76.1 Å². The van der Waals surface area contributed by atoms with E-state index >= 15 is 0 Å². The molecule has 2 unspecified atom stereocenters. The Morgan fingerprint density at radius 3 is 2.28 bits per heavy atom. The third-order valence-corrected chi connectivity index (χ3v) is 17.4. The van der Waals surface area contributed by atoms with Gasteiger partial charge in [-0.1, -0.05) is 65.6 Å². The lowest BCUT2D eigenvalue weighted by Gasteiger charge is -2.72. The maximum atomic E-state index is 14.3. The topological polar surface area (TPSA) is 146 Å². The number of pyridine rings is 1. The summed E-state index contributed by atoms with van der Waals surface area (Å²) >= 11 is 6.17. The van der Waals surface area contributed by atoms with Crippen LogP contribution in [0.15, 0.2) is 29.5 Å². The summed E-state index contributed by atoms with van der Waals surface area (Å²) in [4.78, 5) is 59.3. The number of ether oxygens (including phenoxy) is 1. The standard InChI is InChI=1S/C47H70ClN3O7/c1-27(2)39-32(52)22-47(35(53)26-51(37(54)25-49-11)28(3)31-14-12-29(48)24-50-31)21-20-45(9)30(40(39)47)13-15-34-44(8)18-17-36(58-38(55)23-42(4,5)41(56)57)43(6,7)33(44)16-19-46(34,45)10/h12,14,24,27-28,30,33-36,49,53H,13,15-23,25-26H2,1-11H3,(H,56,57)/t28-,30+,33-,34+,35?,36-,44-,45+,46+,47?/m0/s1. The number of carbonyl (C=O) groups is 4. The summed E-state index contributed by atoms with van der Waals surface area (Å²) < 4.78 is 6.18. The minimum Gasteiger partial charge on any atom is -0.481 e. The highest BCUT2D eigenvalue weighted by atomic mass is 35.5. The van der Waals surface area contributed by atoms with Crippen LogP contribution in [0.4, 0.5) is 0 Å². The summed E-state index contributed by atoms with van der Waals surface area (Å²) in [7, 11) is 1.74. The van der Waals surface area contributed by atoms with Crippen LogP contribution in [0.25, 0.3) is 0 Å². The number of halogens is 1. The van der Waals surface area contributed by atoms with Crippen LogP contribution in [0.1, 0.15) is 145 Å². The number of Topliss-reactive ketones (excluding diaryl/α,β-unsaturated/α-hetero) is 1. The van der Waals surface area contributed by atoms with Crippen molar-refractivity contribution in [3.8, 4) is 0 Å². The lowest BCUT2D eigenvalue weighted by atomic mass is 9.33. The number of nitrogens with zero attached hydrogens (tertiary/aromatic N) is 2. The Morgan fingerprint density at radius 2 is 1.67 bits per heavy atom. The molecule has 11 heteroatoms. The van der Waals surface area contributed by atoms with E-state index in [2.05, 4.69) is 58.8 Å². The summed E-state index contributed by atoms with van der Waals surface area (Å²) in [5, 5.41) is 25.8. The van der Waals surface area contributed by atoms with Crippen molar-refractivity contribution in [3.63, 3.8) is 0 Å². The number of likely N-dealkylation sites (N-methyl/N-ethyl adjacent to an activating group) is 1. The molecule has 5 aliphatic carbocycles. The number of rotatable bonds is 12. The maximum absolute atomic E-state index is 14.3. The third kappa shape index (κ3) is 7.06. The van der Waals surface area contributed by atoms with Crippen molar-refractivity contribution >= 4 is 35.2 Å². The molecule has 1 aromatic rings. The van der Waals surface area contributed by atoms with Crippen LogP contribution < -0.4 is 5.32 Å². The number of nitrogens with one attached hydrogen (secondary N) is 1. The van der Waals surface area contributed by atoms with E-state index in [1.54, 1.807) is 38.1 Å². The Balaban J connectivity index is 1.31. The highest BCUT2D eigenvalue weighted by Crippen LogP contribution is 2.77. The first-order valence-corrected chi connectivity index (χ1v) is 22.2. The van der Waals surface area contributed by atoms with Crippen LogP contribution in [0.2, 0.25) is 5.02 Å². The number of hydrogen-bond donors (Lipinski definition) is 3. The molecule has 1 heterocycles. The van der Waals surface area contributed by atoms with Crippen molar-refractivity contribution in [1.82, 2.24) is 15.2 Å². The molecule has 3 N–H and O–H groups in total. The number of carboxylic acids is 1. The average Bonchev–Trinajstić information content (AvgIpc) is 3.45. The van der Waals surface area contributed by atoms with Gasteiger partial charge in [-0.15, -0.1) is 0 Å². The maximum Gasteiger partial charge on any atom is 0.309 e. The van der Waals surface area contributed by atoms with E-state index in [1.165, 1.54) is 5.57 Å². The largest absolute Gasteiger partial charge is 0.481 e. The predicted octanol–water partition coefficient (Wildman–Crippen LogP) is 8.60. The molecule has 0 bridgehead atoms. The minimum absolute atomic E-state index is 0.00252. The van der Waals surface area contributed by atoms with E-state index in [9.17, 15) is 29.4 Å². The van der Waals surface area contributed by atoms with Gasteiger partial charge in [-0.3, -0.25) is 24.2 Å². The van der Waals surface area contributed by atoms with E-state index in [-0.39, 0.29) is 77.2 Å². The van der Waals surface area contributed by atoms with Crippen molar-refractivity contribution in [3.05, 3.63) is 40.2 Å².